The maximum atomic E-state index is 6.03. The van der Waals surface area contributed by atoms with Crippen LogP contribution in [0.5, 0.6) is 11.5 Å². The Morgan fingerprint density at radius 3 is 2.92 bits per heavy atom. The van der Waals surface area contributed by atoms with Gasteiger partial charge >= 0.3 is 0 Å². The lowest BCUT2D eigenvalue weighted by molar-refractivity contribution is 0.116. The number of thiazole rings is 1. The number of benzene rings is 2. The van der Waals surface area contributed by atoms with Gasteiger partial charge in [-0.2, -0.15) is 0 Å². The summed E-state index contributed by atoms with van der Waals surface area (Å²) >= 11 is 1.64. The Bertz CT molecular complexity index is 933. The monoisotopic (exact) mass is 366 g/mol. The third kappa shape index (κ3) is 3.27. The van der Waals surface area contributed by atoms with Crippen LogP contribution in [-0.4, -0.2) is 23.7 Å². The van der Waals surface area contributed by atoms with Gasteiger partial charge in [-0.1, -0.05) is 12.1 Å². The van der Waals surface area contributed by atoms with E-state index in [1.807, 2.05) is 37.3 Å². The minimum absolute atomic E-state index is 0.189. The first kappa shape index (κ1) is 16.9. The average molecular weight is 366 g/mol. The first-order valence-electron chi connectivity index (χ1n) is 8.81. The highest BCUT2D eigenvalue weighted by atomic mass is 32.1. The Hall–Kier alpha value is -2.53. The number of hydrogen-bond donors (Lipinski definition) is 1. The number of nitrogens with zero attached hydrogens (tertiary/aromatic N) is 1. The Balaban J connectivity index is 1.65. The Morgan fingerprint density at radius 1 is 1.23 bits per heavy atom. The van der Waals surface area contributed by atoms with Gasteiger partial charge in [-0.25, -0.2) is 4.98 Å². The topological polar surface area (TPSA) is 43.4 Å². The quantitative estimate of drug-likeness (QED) is 0.666. The van der Waals surface area contributed by atoms with Crippen LogP contribution in [0, 0.1) is 0 Å². The molecule has 134 valence electrons. The molecule has 5 heteroatoms. The molecule has 4 rings (SSSR count). The summed E-state index contributed by atoms with van der Waals surface area (Å²) in [7, 11) is 0. The van der Waals surface area contributed by atoms with Crippen LogP contribution >= 0.6 is 11.3 Å². The van der Waals surface area contributed by atoms with Gasteiger partial charge in [0.15, 0.2) is 0 Å². The molecule has 0 saturated heterocycles. The van der Waals surface area contributed by atoms with Gasteiger partial charge in [0.2, 0.25) is 0 Å². The Kier molecular flexibility index (Phi) is 4.32. The summed E-state index contributed by atoms with van der Waals surface area (Å²) in [6.07, 6.45) is 0. The highest BCUT2D eigenvalue weighted by Gasteiger charge is 2.26. The molecule has 2 heterocycles. The number of para-hydroxylation sites is 1. The minimum Gasteiger partial charge on any atom is -0.493 e. The van der Waals surface area contributed by atoms with E-state index in [1.54, 1.807) is 11.3 Å². The lowest BCUT2D eigenvalue weighted by atomic mass is 10.1. The number of ether oxygens (including phenoxy) is 2. The van der Waals surface area contributed by atoms with Gasteiger partial charge in [-0.15, -0.1) is 11.3 Å². The fraction of sp³-hybridized carbons (Fsp3) is 0.286. The van der Waals surface area contributed by atoms with Crippen molar-refractivity contribution in [3.8, 4) is 33.3 Å². The standard InChI is InChI=1S/C21H22N2O2S/c1-4-24-18-8-6-5-7-15(18)17-12-26-20(23-17)14-9-10-19-16(11-14)22-13-21(2,3)25-19/h5-12,22H,4,13H2,1-3H3. The zero-order valence-corrected chi connectivity index (χ0v) is 16.0. The first-order chi connectivity index (χ1) is 12.6. The average Bonchev–Trinajstić information content (AvgIpc) is 3.11. The van der Waals surface area contributed by atoms with Crippen LogP contribution in [0.2, 0.25) is 0 Å². The highest BCUT2D eigenvalue weighted by Crippen LogP contribution is 2.38. The van der Waals surface area contributed by atoms with E-state index in [2.05, 4.69) is 36.7 Å². The van der Waals surface area contributed by atoms with E-state index in [4.69, 9.17) is 14.5 Å². The summed E-state index contributed by atoms with van der Waals surface area (Å²) in [5, 5.41) is 6.53. The molecule has 2 aromatic carbocycles. The summed E-state index contributed by atoms with van der Waals surface area (Å²) in [5.41, 5.74) is 3.89. The molecule has 3 aromatic rings. The molecule has 0 aliphatic carbocycles. The fourth-order valence-electron chi connectivity index (χ4n) is 3.02. The molecule has 1 N–H and O–H groups in total. The molecule has 1 aromatic heterocycles. The zero-order chi connectivity index (χ0) is 18.1. The van der Waals surface area contributed by atoms with Gasteiger partial charge in [0.05, 0.1) is 24.5 Å². The SMILES string of the molecule is CCOc1ccccc1-c1csc(-c2ccc3c(c2)NCC(C)(C)O3)n1. The van der Waals surface area contributed by atoms with Crippen molar-refractivity contribution in [1.82, 2.24) is 4.98 Å². The summed E-state index contributed by atoms with van der Waals surface area (Å²) in [6, 6.07) is 14.2. The number of fused-ring (bicyclic) bond motifs is 1. The summed E-state index contributed by atoms with van der Waals surface area (Å²) < 4.78 is 11.8. The second kappa shape index (κ2) is 6.65. The number of hydrogen-bond acceptors (Lipinski definition) is 5. The molecule has 1 aliphatic rings. The molecule has 1 aliphatic heterocycles. The fourth-order valence-corrected chi connectivity index (χ4v) is 3.84. The van der Waals surface area contributed by atoms with Crippen LogP contribution in [-0.2, 0) is 0 Å². The van der Waals surface area contributed by atoms with Crippen molar-refractivity contribution in [3.63, 3.8) is 0 Å². The molecule has 0 unspecified atom stereocenters. The van der Waals surface area contributed by atoms with Crippen molar-refractivity contribution < 1.29 is 9.47 Å². The molecular weight excluding hydrogens is 344 g/mol. The lowest BCUT2D eigenvalue weighted by Gasteiger charge is -2.33. The maximum absolute atomic E-state index is 6.03. The van der Waals surface area contributed by atoms with Crippen molar-refractivity contribution >= 4 is 17.0 Å². The summed E-state index contributed by atoms with van der Waals surface area (Å²) in [5.74, 6) is 1.76. The van der Waals surface area contributed by atoms with Crippen LogP contribution in [0.15, 0.2) is 47.8 Å². The molecule has 4 nitrogen and oxygen atoms in total. The predicted octanol–water partition coefficient (Wildman–Crippen LogP) is 5.46. The lowest BCUT2D eigenvalue weighted by Crippen LogP contribution is -2.39. The van der Waals surface area contributed by atoms with E-state index >= 15 is 0 Å². The molecule has 0 radical (unpaired) electrons. The molecular formula is C21H22N2O2S. The van der Waals surface area contributed by atoms with Crippen molar-refractivity contribution in [3.05, 3.63) is 47.8 Å². The van der Waals surface area contributed by atoms with Crippen molar-refractivity contribution in [1.29, 1.82) is 0 Å². The second-order valence-electron chi connectivity index (χ2n) is 6.89. The maximum Gasteiger partial charge on any atom is 0.143 e. The van der Waals surface area contributed by atoms with E-state index in [9.17, 15) is 0 Å². The van der Waals surface area contributed by atoms with Gasteiger partial charge in [0.25, 0.3) is 0 Å². The van der Waals surface area contributed by atoms with Crippen molar-refractivity contribution in [2.75, 3.05) is 18.5 Å². The number of nitrogens with one attached hydrogen (secondary N) is 1. The molecule has 0 saturated carbocycles. The van der Waals surface area contributed by atoms with Crippen molar-refractivity contribution in [2.45, 2.75) is 26.4 Å². The second-order valence-corrected chi connectivity index (χ2v) is 7.75. The molecule has 0 bridgehead atoms. The summed E-state index contributed by atoms with van der Waals surface area (Å²) in [6.45, 7) is 7.58. The number of aromatic nitrogens is 1. The third-order valence-corrected chi connectivity index (χ3v) is 5.18. The van der Waals surface area contributed by atoms with Gasteiger partial charge in [-0.3, -0.25) is 0 Å². The zero-order valence-electron chi connectivity index (χ0n) is 15.2. The summed E-state index contributed by atoms with van der Waals surface area (Å²) in [4.78, 5) is 4.84. The first-order valence-corrected chi connectivity index (χ1v) is 9.69. The molecule has 0 spiro atoms. The Labute approximate surface area is 157 Å². The number of anilines is 1. The molecule has 0 atom stereocenters. The number of rotatable bonds is 4. The van der Waals surface area contributed by atoms with Crippen LogP contribution in [0.3, 0.4) is 0 Å². The predicted molar refractivity (Wildman–Crippen MR) is 107 cm³/mol. The van der Waals surface area contributed by atoms with E-state index in [0.717, 1.165) is 45.6 Å². The van der Waals surface area contributed by atoms with Gasteiger partial charge in [-0.05, 0) is 51.1 Å². The van der Waals surface area contributed by atoms with E-state index in [-0.39, 0.29) is 5.60 Å². The molecule has 0 amide bonds. The smallest absolute Gasteiger partial charge is 0.143 e. The third-order valence-electron chi connectivity index (χ3n) is 4.28. The van der Waals surface area contributed by atoms with Crippen LogP contribution in [0.25, 0.3) is 21.8 Å². The van der Waals surface area contributed by atoms with E-state index < -0.39 is 0 Å². The highest BCUT2D eigenvalue weighted by molar-refractivity contribution is 7.13. The van der Waals surface area contributed by atoms with E-state index in [1.165, 1.54) is 0 Å². The normalized spacial score (nSPS) is 14.9. The minimum atomic E-state index is -0.189. The van der Waals surface area contributed by atoms with Gasteiger partial charge < -0.3 is 14.8 Å². The van der Waals surface area contributed by atoms with E-state index in [0.29, 0.717) is 6.61 Å². The van der Waals surface area contributed by atoms with Crippen LogP contribution in [0.1, 0.15) is 20.8 Å². The molecule has 26 heavy (non-hydrogen) atoms. The van der Waals surface area contributed by atoms with Gasteiger partial charge in [0, 0.05) is 16.5 Å². The Morgan fingerprint density at radius 2 is 2.08 bits per heavy atom. The van der Waals surface area contributed by atoms with Crippen LogP contribution in [0.4, 0.5) is 5.69 Å². The molecule has 0 fully saturated rings. The largest absolute Gasteiger partial charge is 0.493 e. The van der Waals surface area contributed by atoms with Crippen LogP contribution < -0.4 is 14.8 Å². The van der Waals surface area contributed by atoms with Gasteiger partial charge in [0.1, 0.15) is 22.1 Å². The van der Waals surface area contributed by atoms with Crippen molar-refractivity contribution in [2.24, 2.45) is 0 Å².